The van der Waals surface area contributed by atoms with Crippen LogP contribution in [0.4, 0.5) is 0 Å². The van der Waals surface area contributed by atoms with Crippen LogP contribution < -0.4 is 9.47 Å². The number of rotatable bonds is 10. The van der Waals surface area contributed by atoms with Crippen LogP contribution in [0.25, 0.3) is 16.5 Å². The molecule has 0 fully saturated rings. The Morgan fingerprint density at radius 2 is 1.53 bits per heavy atom. The van der Waals surface area contributed by atoms with Gasteiger partial charge in [-0.2, -0.15) is 0 Å². The van der Waals surface area contributed by atoms with E-state index >= 15 is 0 Å². The third-order valence-corrected chi connectivity index (χ3v) is 6.55. The Bertz CT molecular complexity index is 1470. The number of hydrogen-bond acceptors (Lipinski definition) is 6. The Hall–Kier alpha value is -4.10. The summed E-state index contributed by atoms with van der Waals surface area (Å²) in [6, 6.07) is 31.1. The van der Waals surface area contributed by atoms with Gasteiger partial charge in [-0.05, 0) is 60.2 Å². The number of hydrogen-bond donors (Lipinski definition) is 0. The smallest absolute Gasteiger partial charge is 0.196 e. The van der Waals surface area contributed by atoms with Gasteiger partial charge in [0.05, 0.1) is 12.4 Å². The topological polar surface area (TPSA) is 66.2 Å². The van der Waals surface area contributed by atoms with Crippen LogP contribution in [0, 0.1) is 0 Å². The van der Waals surface area contributed by atoms with E-state index in [1.54, 1.807) is 0 Å². The first kappa shape index (κ1) is 23.6. The molecule has 0 saturated heterocycles. The zero-order valence-electron chi connectivity index (χ0n) is 19.8. The number of aromatic nitrogens is 3. The monoisotopic (exact) mass is 495 g/mol. The lowest BCUT2D eigenvalue weighted by Crippen LogP contribution is -2.08. The molecule has 1 aromatic heterocycles. The molecule has 5 rings (SSSR count). The van der Waals surface area contributed by atoms with Crippen molar-refractivity contribution >= 4 is 28.3 Å². The van der Waals surface area contributed by atoms with E-state index in [9.17, 15) is 4.79 Å². The molecule has 0 aliphatic carbocycles. The molecule has 4 aromatic carbocycles. The third kappa shape index (κ3) is 5.42. The molecule has 0 aliphatic rings. The third-order valence-electron chi connectivity index (χ3n) is 5.62. The standard InChI is InChI=1S/C29H25N3O3S/c1-2-34-26-16-14-24(15-17-26)32-28(19-35-25-10-4-3-5-11-25)30-31-29(32)36-20-27(33)23-13-12-21-8-6-7-9-22(21)18-23/h3-18H,2,19-20H2,1H3. The van der Waals surface area contributed by atoms with E-state index in [4.69, 9.17) is 9.47 Å². The molecule has 0 bridgehead atoms. The summed E-state index contributed by atoms with van der Waals surface area (Å²) in [6.45, 7) is 2.79. The lowest BCUT2D eigenvalue weighted by atomic mass is 10.1. The highest BCUT2D eigenvalue weighted by Gasteiger charge is 2.17. The van der Waals surface area contributed by atoms with Gasteiger partial charge in [0, 0.05) is 11.3 Å². The molecule has 0 atom stereocenters. The van der Waals surface area contributed by atoms with E-state index in [1.165, 1.54) is 11.8 Å². The van der Waals surface area contributed by atoms with Crippen LogP contribution in [0.1, 0.15) is 23.1 Å². The summed E-state index contributed by atoms with van der Waals surface area (Å²) >= 11 is 1.36. The van der Waals surface area contributed by atoms with Gasteiger partial charge in [-0.1, -0.05) is 66.4 Å². The number of nitrogens with zero attached hydrogens (tertiary/aromatic N) is 3. The van der Waals surface area contributed by atoms with Crippen LogP contribution in [0.15, 0.2) is 102 Å². The van der Waals surface area contributed by atoms with Gasteiger partial charge in [-0.25, -0.2) is 0 Å². The first-order chi connectivity index (χ1) is 17.7. The van der Waals surface area contributed by atoms with Crippen LogP contribution in [0.5, 0.6) is 11.5 Å². The van der Waals surface area contributed by atoms with Gasteiger partial charge in [-0.15, -0.1) is 10.2 Å². The number of ether oxygens (including phenoxy) is 2. The van der Waals surface area contributed by atoms with Crippen LogP contribution in [-0.2, 0) is 6.61 Å². The Kier molecular flexibility index (Phi) is 7.28. The fourth-order valence-electron chi connectivity index (χ4n) is 3.85. The summed E-state index contributed by atoms with van der Waals surface area (Å²) in [5.41, 5.74) is 1.55. The van der Waals surface area contributed by atoms with E-state index in [0.717, 1.165) is 28.0 Å². The first-order valence-electron chi connectivity index (χ1n) is 11.7. The van der Waals surface area contributed by atoms with Gasteiger partial charge >= 0.3 is 0 Å². The van der Waals surface area contributed by atoms with Gasteiger partial charge in [0.25, 0.3) is 0 Å². The van der Waals surface area contributed by atoms with Gasteiger partial charge in [0.15, 0.2) is 16.8 Å². The first-order valence-corrected chi connectivity index (χ1v) is 12.7. The highest BCUT2D eigenvalue weighted by atomic mass is 32.2. The molecule has 0 N–H and O–H groups in total. The van der Waals surface area contributed by atoms with Crippen LogP contribution >= 0.6 is 11.8 Å². The summed E-state index contributed by atoms with van der Waals surface area (Å²) in [7, 11) is 0. The highest BCUT2D eigenvalue weighted by Crippen LogP contribution is 2.26. The Morgan fingerprint density at radius 3 is 2.31 bits per heavy atom. The Morgan fingerprint density at radius 1 is 0.806 bits per heavy atom. The van der Waals surface area contributed by atoms with Crippen LogP contribution in [-0.4, -0.2) is 32.9 Å². The largest absolute Gasteiger partial charge is 0.494 e. The molecule has 1 heterocycles. The van der Waals surface area contributed by atoms with Gasteiger partial charge < -0.3 is 9.47 Å². The second kappa shape index (κ2) is 11.1. The van der Waals surface area contributed by atoms with E-state index in [1.807, 2.05) is 109 Å². The van der Waals surface area contributed by atoms with Gasteiger partial charge in [0.1, 0.15) is 18.1 Å². The molecule has 5 aromatic rings. The summed E-state index contributed by atoms with van der Waals surface area (Å²) < 4.78 is 13.5. The number of thioether (sulfide) groups is 1. The van der Waals surface area contributed by atoms with Crippen molar-refractivity contribution in [3.63, 3.8) is 0 Å². The fraction of sp³-hybridized carbons (Fsp3) is 0.138. The molecule has 0 amide bonds. The minimum absolute atomic E-state index is 0.0362. The predicted molar refractivity (Wildman–Crippen MR) is 142 cm³/mol. The van der Waals surface area contributed by atoms with E-state index in [-0.39, 0.29) is 18.1 Å². The summed E-state index contributed by atoms with van der Waals surface area (Å²) in [5.74, 6) is 2.46. The Balaban J connectivity index is 1.38. The Labute approximate surface area is 213 Å². The summed E-state index contributed by atoms with van der Waals surface area (Å²) in [6.07, 6.45) is 0. The van der Waals surface area contributed by atoms with Crippen molar-refractivity contribution in [3.05, 3.63) is 108 Å². The van der Waals surface area contributed by atoms with Crippen molar-refractivity contribution in [1.29, 1.82) is 0 Å². The fourth-order valence-corrected chi connectivity index (χ4v) is 4.71. The van der Waals surface area contributed by atoms with Crippen LogP contribution in [0.3, 0.4) is 0 Å². The van der Waals surface area contributed by atoms with E-state index in [0.29, 0.717) is 23.2 Å². The predicted octanol–water partition coefficient (Wildman–Crippen LogP) is 6.37. The minimum atomic E-state index is 0.0362. The minimum Gasteiger partial charge on any atom is -0.494 e. The van der Waals surface area contributed by atoms with Gasteiger partial charge in [0.2, 0.25) is 0 Å². The van der Waals surface area contributed by atoms with Crippen molar-refractivity contribution < 1.29 is 14.3 Å². The van der Waals surface area contributed by atoms with Crippen molar-refractivity contribution in [2.45, 2.75) is 18.7 Å². The molecule has 180 valence electrons. The SMILES string of the molecule is CCOc1ccc(-n2c(COc3ccccc3)nnc2SCC(=O)c2ccc3ccccc3c2)cc1. The number of benzene rings is 4. The second-order valence-corrected chi connectivity index (χ2v) is 8.98. The number of carbonyl (C=O) groups excluding carboxylic acids is 1. The molecular formula is C29H25N3O3S. The molecule has 0 saturated carbocycles. The van der Waals surface area contributed by atoms with E-state index < -0.39 is 0 Å². The molecule has 36 heavy (non-hydrogen) atoms. The molecule has 0 radical (unpaired) electrons. The molecular weight excluding hydrogens is 470 g/mol. The van der Waals surface area contributed by atoms with Gasteiger partial charge in [-0.3, -0.25) is 9.36 Å². The van der Waals surface area contributed by atoms with Crippen molar-refractivity contribution in [1.82, 2.24) is 14.8 Å². The second-order valence-electron chi connectivity index (χ2n) is 8.04. The van der Waals surface area contributed by atoms with Crippen LogP contribution in [0.2, 0.25) is 0 Å². The number of carbonyl (C=O) groups is 1. The number of fused-ring (bicyclic) bond motifs is 1. The summed E-state index contributed by atoms with van der Waals surface area (Å²) in [4.78, 5) is 13.0. The normalized spacial score (nSPS) is 10.9. The maximum absolute atomic E-state index is 13.0. The van der Waals surface area contributed by atoms with Crippen molar-refractivity contribution in [2.24, 2.45) is 0 Å². The highest BCUT2D eigenvalue weighted by molar-refractivity contribution is 7.99. The number of ketones is 1. The summed E-state index contributed by atoms with van der Waals surface area (Å²) in [5, 5.41) is 11.6. The average Bonchev–Trinajstić information content (AvgIpc) is 3.34. The molecule has 0 spiro atoms. The maximum atomic E-state index is 13.0. The van der Waals surface area contributed by atoms with E-state index in [2.05, 4.69) is 10.2 Å². The van der Waals surface area contributed by atoms with Crippen molar-refractivity contribution in [3.8, 4) is 17.2 Å². The average molecular weight is 496 g/mol. The molecule has 0 aliphatic heterocycles. The number of Topliss-reactive ketones (excluding diaryl/α,β-unsaturated/α-hetero) is 1. The maximum Gasteiger partial charge on any atom is 0.196 e. The molecule has 0 unspecified atom stereocenters. The quantitative estimate of drug-likeness (QED) is 0.166. The zero-order valence-corrected chi connectivity index (χ0v) is 20.7. The molecule has 7 heteroatoms. The lowest BCUT2D eigenvalue weighted by Gasteiger charge is -2.12. The van der Waals surface area contributed by atoms with Crippen molar-refractivity contribution in [2.75, 3.05) is 12.4 Å². The molecule has 6 nitrogen and oxygen atoms in total. The lowest BCUT2D eigenvalue weighted by molar-refractivity contribution is 0.102. The number of para-hydroxylation sites is 1. The zero-order chi connectivity index (χ0) is 24.7.